The molecule has 0 bridgehead atoms. The molecule has 48 valence electrons. The van der Waals surface area contributed by atoms with E-state index >= 15 is 0 Å². The van der Waals surface area contributed by atoms with Crippen molar-refractivity contribution in [3.05, 3.63) is 23.4 Å². The van der Waals surface area contributed by atoms with E-state index in [9.17, 15) is 4.79 Å². The average Bonchev–Trinajstić information content (AvgIpc) is 2.36. The highest BCUT2D eigenvalue weighted by molar-refractivity contribution is 6.15. The average molecular weight is 132 g/mol. The molecule has 3 nitrogen and oxygen atoms in total. The van der Waals surface area contributed by atoms with Gasteiger partial charge in [-0.3, -0.25) is 9.79 Å². The molecule has 0 atom stereocenters. The number of nitrogens with zero attached hydrogens (tertiary/aromatic N) is 2. The molecule has 10 heavy (non-hydrogen) atoms. The normalized spacial score (nSPS) is 20.6. The molecule has 0 spiro atoms. The highest BCUT2D eigenvalue weighted by atomic mass is 16.1. The Morgan fingerprint density at radius 2 is 2.30 bits per heavy atom. The van der Waals surface area contributed by atoms with Crippen LogP contribution in [0.1, 0.15) is 0 Å². The molecule has 0 N–H and O–H groups in total. The van der Waals surface area contributed by atoms with Gasteiger partial charge in [-0.2, -0.15) is 0 Å². The molecule has 2 heterocycles. The molecule has 0 radical (unpaired) electrons. The van der Waals surface area contributed by atoms with Crippen LogP contribution in [0.3, 0.4) is 0 Å². The van der Waals surface area contributed by atoms with Crippen molar-refractivity contribution < 1.29 is 4.79 Å². The molecule has 0 saturated carbocycles. The SMILES string of the molecule is O=C1N=CC=C2C=NC=C12. The van der Waals surface area contributed by atoms with E-state index in [1.54, 1.807) is 12.3 Å². The fraction of sp³-hybridized carbons (Fsp3) is 0. The highest BCUT2D eigenvalue weighted by Gasteiger charge is 2.17. The molecule has 0 unspecified atom stereocenters. The minimum Gasteiger partial charge on any atom is -0.267 e. The Labute approximate surface area is 57.5 Å². The summed E-state index contributed by atoms with van der Waals surface area (Å²) in [6, 6.07) is 0. The van der Waals surface area contributed by atoms with Crippen molar-refractivity contribution in [3.63, 3.8) is 0 Å². The second-order valence-corrected chi connectivity index (χ2v) is 2.03. The van der Waals surface area contributed by atoms with E-state index in [-0.39, 0.29) is 5.91 Å². The third kappa shape index (κ3) is 0.572. The number of allylic oxidation sites excluding steroid dienone is 1. The number of dihydropyridines is 1. The van der Waals surface area contributed by atoms with E-state index in [0.717, 1.165) is 5.57 Å². The Balaban J connectivity index is 2.54. The quantitative estimate of drug-likeness (QED) is 0.473. The van der Waals surface area contributed by atoms with Crippen LogP contribution in [0.5, 0.6) is 0 Å². The fourth-order valence-corrected chi connectivity index (χ4v) is 0.902. The van der Waals surface area contributed by atoms with Crippen LogP contribution in [0, 0.1) is 0 Å². The molecule has 0 fully saturated rings. The Morgan fingerprint density at radius 1 is 1.40 bits per heavy atom. The van der Waals surface area contributed by atoms with Crippen molar-refractivity contribution in [1.82, 2.24) is 0 Å². The number of hydrogen-bond donors (Lipinski definition) is 0. The second kappa shape index (κ2) is 1.73. The monoisotopic (exact) mass is 132 g/mol. The summed E-state index contributed by atoms with van der Waals surface area (Å²) in [7, 11) is 0. The second-order valence-electron chi connectivity index (χ2n) is 2.03. The molecule has 2 aliphatic heterocycles. The van der Waals surface area contributed by atoms with Crippen LogP contribution in [0.25, 0.3) is 0 Å². The van der Waals surface area contributed by atoms with Gasteiger partial charge in [0.2, 0.25) is 0 Å². The van der Waals surface area contributed by atoms with E-state index in [4.69, 9.17) is 0 Å². The zero-order valence-corrected chi connectivity index (χ0v) is 5.11. The van der Waals surface area contributed by atoms with E-state index in [1.807, 2.05) is 0 Å². The first-order chi connectivity index (χ1) is 4.88. The van der Waals surface area contributed by atoms with Gasteiger partial charge in [0, 0.05) is 24.2 Å². The number of aliphatic imine (C=N–C) groups is 2. The molecule has 0 aromatic carbocycles. The molecule has 0 aliphatic carbocycles. The van der Waals surface area contributed by atoms with E-state index in [1.165, 1.54) is 12.4 Å². The third-order valence-electron chi connectivity index (χ3n) is 1.40. The van der Waals surface area contributed by atoms with E-state index in [0.29, 0.717) is 5.57 Å². The molecule has 3 heteroatoms. The maximum Gasteiger partial charge on any atom is 0.279 e. The summed E-state index contributed by atoms with van der Waals surface area (Å²) in [5.41, 5.74) is 1.46. The zero-order chi connectivity index (χ0) is 6.97. The molecule has 0 aromatic rings. The van der Waals surface area contributed by atoms with Gasteiger partial charge in [0.05, 0.1) is 5.57 Å². The van der Waals surface area contributed by atoms with Crippen LogP contribution < -0.4 is 0 Å². The molecular formula is C7H4N2O. The first kappa shape index (κ1) is 5.29. The summed E-state index contributed by atoms with van der Waals surface area (Å²) >= 11 is 0. The van der Waals surface area contributed by atoms with Gasteiger partial charge in [0.25, 0.3) is 5.91 Å². The van der Waals surface area contributed by atoms with Gasteiger partial charge >= 0.3 is 0 Å². The maximum absolute atomic E-state index is 10.9. The van der Waals surface area contributed by atoms with E-state index in [2.05, 4.69) is 9.98 Å². The number of hydrogen-bond acceptors (Lipinski definition) is 2. The van der Waals surface area contributed by atoms with Crippen LogP contribution in [0.4, 0.5) is 0 Å². The third-order valence-corrected chi connectivity index (χ3v) is 1.40. The molecular weight excluding hydrogens is 128 g/mol. The maximum atomic E-state index is 10.9. The molecule has 2 rings (SSSR count). The van der Waals surface area contributed by atoms with Crippen LogP contribution >= 0.6 is 0 Å². The summed E-state index contributed by atoms with van der Waals surface area (Å²) in [5, 5.41) is 0. The number of amides is 1. The highest BCUT2D eigenvalue weighted by Crippen LogP contribution is 2.17. The Morgan fingerprint density at radius 3 is 3.10 bits per heavy atom. The van der Waals surface area contributed by atoms with Gasteiger partial charge in [0.1, 0.15) is 0 Å². The summed E-state index contributed by atoms with van der Waals surface area (Å²) in [6.07, 6.45) is 6.44. The lowest BCUT2D eigenvalue weighted by Crippen LogP contribution is -2.04. The van der Waals surface area contributed by atoms with Crippen molar-refractivity contribution in [1.29, 1.82) is 0 Å². The summed E-state index contributed by atoms with van der Waals surface area (Å²) in [5.74, 6) is -0.199. The Kier molecular flexibility index (Phi) is 0.917. The van der Waals surface area contributed by atoms with Crippen molar-refractivity contribution in [3.8, 4) is 0 Å². The van der Waals surface area contributed by atoms with Gasteiger partial charge in [-0.15, -0.1) is 0 Å². The fourth-order valence-electron chi connectivity index (χ4n) is 0.902. The first-order valence-electron chi connectivity index (χ1n) is 2.90. The van der Waals surface area contributed by atoms with Crippen molar-refractivity contribution in [2.24, 2.45) is 9.98 Å². The smallest absolute Gasteiger partial charge is 0.267 e. The number of carbonyl (C=O) groups excluding carboxylic acids is 1. The largest absolute Gasteiger partial charge is 0.279 e. The van der Waals surface area contributed by atoms with Crippen LogP contribution in [0.15, 0.2) is 33.4 Å². The molecule has 1 amide bonds. The molecule has 0 aromatic heterocycles. The van der Waals surface area contributed by atoms with Gasteiger partial charge < -0.3 is 0 Å². The van der Waals surface area contributed by atoms with Crippen LogP contribution in [-0.2, 0) is 4.79 Å². The standard InChI is InChI=1S/C7H4N2O/c10-7-6-4-8-3-5(6)1-2-9-7/h1-4H. The summed E-state index contributed by atoms with van der Waals surface area (Å²) < 4.78 is 0. The van der Waals surface area contributed by atoms with Crippen LogP contribution in [0.2, 0.25) is 0 Å². The van der Waals surface area contributed by atoms with Crippen molar-refractivity contribution in [2.45, 2.75) is 0 Å². The van der Waals surface area contributed by atoms with Crippen LogP contribution in [-0.4, -0.2) is 18.3 Å². The lowest BCUT2D eigenvalue weighted by atomic mass is 10.1. The zero-order valence-electron chi connectivity index (χ0n) is 5.11. The first-order valence-corrected chi connectivity index (χ1v) is 2.90. The topological polar surface area (TPSA) is 41.8 Å². The minimum atomic E-state index is -0.199. The van der Waals surface area contributed by atoms with E-state index < -0.39 is 0 Å². The van der Waals surface area contributed by atoms with Crippen molar-refractivity contribution >= 4 is 18.3 Å². The predicted molar refractivity (Wildman–Crippen MR) is 38.2 cm³/mol. The predicted octanol–water partition coefficient (Wildman–Crippen LogP) is 0.492. The van der Waals surface area contributed by atoms with Gasteiger partial charge in [-0.25, -0.2) is 4.99 Å². The molecule has 2 aliphatic rings. The van der Waals surface area contributed by atoms with Gasteiger partial charge in [-0.1, -0.05) is 0 Å². The lowest BCUT2D eigenvalue weighted by molar-refractivity contribution is -0.114. The lowest BCUT2D eigenvalue weighted by Gasteiger charge is -1.99. The Bertz CT molecular complexity index is 302. The summed E-state index contributed by atoms with van der Waals surface area (Å²) in [6.45, 7) is 0. The minimum absolute atomic E-state index is 0.199. The number of carbonyl (C=O) groups is 1. The summed E-state index contributed by atoms with van der Waals surface area (Å²) in [4.78, 5) is 18.3. The number of fused-ring (bicyclic) bond motifs is 1. The van der Waals surface area contributed by atoms with Crippen molar-refractivity contribution in [2.75, 3.05) is 0 Å². The number of rotatable bonds is 0. The molecule has 0 saturated heterocycles. The van der Waals surface area contributed by atoms with Gasteiger partial charge in [-0.05, 0) is 6.08 Å². The van der Waals surface area contributed by atoms with Gasteiger partial charge in [0.15, 0.2) is 0 Å². The Hall–Kier alpha value is -1.51.